The number of aryl methyl sites for hydroxylation is 3. The maximum atomic E-state index is 13.0. The number of anilines is 1. The van der Waals surface area contributed by atoms with Crippen molar-refractivity contribution in [1.29, 1.82) is 0 Å². The van der Waals surface area contributed by atoms with E-state index in [1.165, 1.54) is 7.05 Å². The van der Waals surface area contributed by atoms with Gasteiger partial charge in [-0.2, -0.15) is 23.4 Å². The van der Waals surface area contributed by atoms with Gasteiger partial charge in [-0.05, 0) is 26.3 Å². The number of rotatable bonds is 4. The van der Waals surface area contributed by atoms with Crippen molar-refractivity contribution in [3.8, 4) is 0 Å². The lowest BCUT2D eigenvalue weighted by atomic mass is 10.1. The van der Waals surface area contributed by atoms with Gasteiger partial charge in [0, 0.05) is 7.05 Å². The zero-order valence-corrected chi connectivity index (χ0v) is 17.0. The molecular weight excluding hydrogens is 407 g/mol. The number of nitrogens with one attached hydrogen (secondary N) is 1. The zero-order valence-electron chi connectivity index (χ0n) is 16.2. The first-order valence-electron chi connectivity index (χ1n) is 8.69. The lowest BCUT2D eigenvalue weighted by molar-refractivity contribution is -0.141. The summed E-state index contributed by atoms with van der Waals surface area (Å²) >= 11 is 5.80. The van der Waals surface area contributed by atoms with E-state index in [1.807, 2.05) is 31.2 Å². The third kappa shape index (κ3) is 4.14. The highest BCUT2D eigenvalue weighted by atomic mass is 35.5. The van der Waals surface area contributed by atoms with Gasteiger partial charge in [-0.15, -0.1) is 0 Å². The summed E-state index contributed by atoms with van der Waals surface area (Å²) in [6.45, 7) is 5.97. The summed E-state index contributed by atoms with van der Waals surface area (Å²) in [5.41, 5.74) is 2.12. The van der Waals surface area contributed by atoms with Gasteiger partial charge in [-0.25, -0.2) is 0 Å². The molecule has 3 rings (SSSR count). The Morgan fingerprint density at radius 2 is 1.90 bits per heavy atom. The van der Waals surface area contributed by atoms with Crippen LogP contribution in [0.4, 0.5) is 18.9 Å². The second kappa shape index (κ2) is 7.55. The molecule has 0 spiro atoms. The molecule has 6 nitrogen and oxygen atoms in total. The monoisotopic (exact) mass is 425 g/mol. The average molecular weight is 426 g/mol. The van der Waals surface area contributed by atoms with Crippen molar-refractivity contribution in [2.45, 2.75) is 33.5 Å². The summed E-state index contributed by atoms with van der Waals surface area (Å²) < 4.78 is 41.5. The van der Waals surface area contributed by atoms with Crippen LogP contribution in [0.2, 0.25) is 5.02 Å². The minimum Gasteiger partial charge on any atom is -0.317 e. The molecule has 0 atom stereocenters. The number of benzene rings is 1. The van der Waals surface area contributed by atoms with Crippen LogP contribution in [0, 0.1) is 20.8 Å². The molecule has 10 heteroatoms. The summed E-state index contributed by atoms with van der Waals surface area (Å²) in [6.07, 6.45) is -4.75. The Bertz CT molecular complexity index is 1080. The Balaban J connectivity index is 1.89. The first-order chi connectivity index (χ1) is 13.5. The molecular formula is C19H19ClF3N5O. The Morgan fingerprint density at radius 1 is 1.21 bits per heavy atom. The molecule has 0 aliphatic heterocycles. The van der Waals surface area contributed by atoms with E-state index in [9.17, 15) is 18.0 Å². The maximum absolute atomic E-state index is 13.0. The van der Waals surface area contributed by atoms with Crippen LogP contribution >= 0.6 is 11.6 Å². The van der Waals surface area contributed by atoms with Gasteiger partial charge in [0.15, 0.2) is 5.69 Å². The van der Waals surface area contributed by atoms with E-state index in [2.05, 4.69) is 15.5 Å². The average Bonchev–Trinajstić information content (AvgIpc) is 3.05. The Morgan fingerprint density at radius 3 is 2.48 bits per heavy atom. The fourth-order valence-electron chi connectivity index (χ4n) is 3.11. The van der Waals surface area contributed by atoms with Crippen molar-refractivity contribution in [3.63, 3.8) is 0 Å². The standard InChI is InChI=1S/C19H19ClF3N5O/c1-10-6-5-7-13(8-10)9-28-12(3)15(11(2)25-28)24-18(29)16-14(20)17(19(21,22)23)26-27(16)4/h5-8H,9H2,1-4H3,(H,24,29). The number of halogens is 4. The van der Waals surface area contributed by atoms with Crippen LogP contribution in [-0.4, -0.2) is 25.5 Å². The normalized spacial score (nSPS) is 11.7. The van der Waals surface area contributed by atoms with Crippen LogP contribution in [0.3, 0.4) is 0 Å². The van der Waals surface area contributed by atoms with Crippen molar-refractivity contribution in [2.75, 3.05) is 5.32 Å². The van der Waals surface area contributed by atoms with Crippen LogP contribution < -0.4 is 5.32 Å². The van der Waals surface area contributed by atoms with Gasteiger partial charge in [0.1, 0.15) is 10.7 Å². The molecule has 0 aliphatic rings. The van der Waals surface area contributed by atoms with E-state index in [1.54, 1.807) is 18.5 Å². The summed E-state index contributed by atoms with van der Waals surface area (Å²) in [7, 11) is 1.23. The summed E-state index contributed by atoms with van der Waals surface area (Å²) in [5, 5.41) is 9.66. The number of hydrogen-bond donors (Lipinski definition) is 1. The smallest absolute Gasteiger partial charge is 0.317 e. The lowest BCUT2D eigenvalue weighted by Crippen LogP contribution is -2.17. The number of aromatic nitrogens is 4. The number of amides is 1. The highest BCUT2D eigenvalue weighted by Crippen LogP contribution is 2.35. The molecule has 0 bridgehead atoms. The number of hydrogen-bond acceptors (Lipinski definition) is 3. The molecule has 0 unspecified atom stereocenters. The summed E-state index contributed by atoms with van der Waals surface area (Å²) in [4.78, 5) is 12.7. The lowest BCUT2D eigenvalue weighted by Gasteiger charge is -2.08. The fourth-order valence-corrected chi connectivity index (χ4v) is 3.47. The van der Waals surface area contributed by atoms with Gasteiger partial charge in [0.05, 0.1) is 23.6 Å². The van der Waals surface area contributed by atoms with Crippen molar-refractivity contribution in [1.82, 2.24) is 19.6 Å². The van der Waals surface area contributed by atoms with Gasteiger partial charge in [-0.3, -0.25) is 14.2 Å². The third-order valence-corrected chi connectivity index (χ3v) is 4.87. The fraction of sp³-hybridized carbons (Fsp3) is 0.316. The second-order valence-electron chi connectivity index (χ2n) is 6.78. The van der Waals surface area contributed by atoms with Crippen molar-refractivity contribution < 1.29 is 18.0 Å². The molecule has 0 saturated heterocycles. The molecule has 0 fully saturated rings. The van der Waals surface area contributed by atoms with E-state index < -0.39 is 22.8 Å². The quantitative estimate of drug-likeness (QED) is 0.668. The molecule has 0 saturated carbocycles. The topological polar surface area (TPSA) is 64.7 Å². The van der Waals surface area contributed by atoms with E-state index in [4.69, 9.17) is 11.6 Å². The number of carbonyl (C=O) groups is 1. The number of carbonyl (C=O) groups excluding carboxylic acids is 1. The molecule has 29 heavy (non-hydrogen) atoms. The molecule has 1 amide bonds. The molecule has 154 valence electrons. The van der Waals surface area contributed by atoms with E-state index in [-0.39, 0.29) is 5.69 Å². The van der Waals surface area contributed by atoms with E-state index in [0.29, 0.717) is 23.6 Å². The summed E-state index contributed by atoms with van der Waals surface area (Å²) in [5.74, 6) is -0.790. The largest absolute Gasteiger partial charge is 0.436 e. The SMILES string of the molecule is Cc1cccc(Cn2nc(C)c(NC(=O)c3c(Cl)c(C(F)(F)F)nn3C)c2C)c1. The van der Waals surface area contributed by atoms with Crippen LogP contribution in [0.5, 0.6) is 0 Å². The van der Waals surface area contributed by atoms with Crippen LogP contribution in [0.1, 0.15) is 38.7 Å². The van der Waals surface area contributed by atoms with Gasteiger partial charge < -0.3 is 5.32 Å². The van der Waals surface area contributed by atoms with E-state index in [0.717, 1.165) is 15.8 Å². The van der Waals surface area contributed by atoms with E-state index >= 15 is 0 Å². The van der Waals surface area contributed by atoms with Crippen LogP contribution in [0.15, 0.2) is 24.3 Å². The van der Waals surface area contributed by atoms with Gasteiger partial charge in [-0.1, -0.05) is 41.4 Å². The van der Waals surface area contributed by atoms with Crippen LogP contribution in [0.25, 0.3) is 0 Å². The minimum atomic E-state index is -4.75. The Kier molecular flexibility index (Phi) is 5.44. The minimum absolute atomic E-state index is 0.371. The molecule has 2 heterocycles. The Hall–Kier alpha value is -2.81. The predicted molar refractivity (Wildman–Crippen MR) is 103 cm³/mol. The first kappa shape index (κ1) is 20.9. The molecule has 0 aliphatic carbocycles. The molecule has 1 N–H and O–H groups in total. The van der Waals surface area contributed by atoms with Crippen molar-refractivity contribution in [3.05, 3.63) is 63.2 Å². The number of alkyl halides is 3. The Labute approximate surface area is 170 Å². The highest BCUT2D eigenvalue weighted by molar-refractivity contribution is 6.34. The van der Waals surface area contributed by atoms with Gasteiger partial charge in [0.2, 0.25) is 0 Å². The van der Waals surface area contributed by atoms with Crippen LogP contribution in [-0.2, 0) is 19.8 Å². The maximum Gasteiger partial charge on any atom is 0.436 e. The second-order valence-corrected chi connectivity index (χ2v) is 7.16. The van der Waals surface area contributed by atoms with Crippen molar-refractivity contribution in [2.24, 2.45) is 7.05 Å². The van der Waals surface area contributed by atoms with Gasteiger partial charge >= 0.3 is 6.18 Å². The third-order valence-electron chi connectivity index (χ3n) is 4.51. The molecule has 1 aromatic carbocycles. The molecule has 2 aromatic heterocycles. The molecule has 0 radical (unpaired) electrons. The predicted octanol–water partition coefficient (Wildman–Crippen LogP) is 4.51. The first-order valence-corrected chi connectivity index (χ1v) is 9.07. The highest BCUT2D eigenvalue weighted by Gasteiger charge is 2.39. The summed E-state index contributed by atoms with van der Waals surface area (Å²) in [6, 6.07) is 7.93. The zero-order chi connectivity index (χ0) is 21.5. The van der Waals surface area contributed by atoms with Crippen molar-refractivity contribution >= 4 is 23.2 Å². The molecule has 3 aromatic rings. The number of nitrogens with zero attached hydrogens (tertiary/aromatic N) is 4. The van der Waals surface area contributed by atoms with Gasteiger partial charge in [0.25, 0.3) is 5.91 Å².